The maximum Gasteiger partial charge on any atom is 0.244 e. The molecule has 1 aliphatic heterocycles. The van der Waals surface area contributed by atoms with Crippen LogP contribution in [0.5, 0.6) is 0 Å². The van der Waals surface area contributed by atoms with Gasteiger partial charge in [0, 0.05) is 37.4 Å². The summed E-state index contributed by atoms with van der Waals surface area (Å²) in [7, 11) is 0. The molecule has 0 atom stereocenters. The van der Waals surface area contributed by atoms with Crippen LogP contribution in [-0.4, -0.2) is 68.4 Å². The molecule has 1 aliphatic carbocycles. The molecule has 1 saturated carbocycles. The van der Waals surface area contributed by atoms with Gasteiger partial charge in [-0.15, -0.1) is 15.3 Å². The molecule has 0 N–H and O–H groups in total. The highest BCUT2D eigenvalue weighted by Crippen LogP contribution is 2.40. The van der Waals surface area contributed by atoms with Crippen LogP contribution in [0.3, 0.4) is 0 Å². The third kappa shape index (κ3) is 3.39. The zero-order chi connectivity index (χ0) is 18.9. The van der Waals surface area contributed by atoms with Crippen LogP contribution in [0.1, 0.15) is 49.3 Å². The smallest absolute Gasteiger partial charge is 0.244 e. The van der Waals surface area contributed by atoms with Crippen molar-refractivity contribution in [3.63, 3.8) is 0 Å². The van der Waals surface area contributed by atoms with Gasteiger partial charge >= 0.3 is 0 Å². The topological polar surface area (TPSA) is 112 Å². The molecule has 0 unspecified atom stereocenters. The van der Waals surface area contributed by atoms with Crippen molar-refractivity contribution >= 4 is 5.91 Å². The van der Waals surface area contributed by atoms with Crippen LogP contribution in [0.2, 0.25) is 0 Å². The van der Waals surface area contributed by atoms with Gasteiger partial charge < -0.3 is 14.0 Å². The fraction of sp³-hybridized carbons (Fsp3) is 0.588. The zero-order valence-electron chi connectivity index (χ0n) is 15.5. The summed E-state index contributed by atoms with van der Waals surface area (Å²) in [6.07, 6.45) is 11.2. The van der Waals surface area contributed by atoms with Crippen LogP contribution >= 0.6 is 0 Å². The Bertz CT molecular complexity index is 919. The summed E-state index contributed by atoms with van der Waals surface area (Å²) in [5.41, 5.74) is 0. The lowest BCUT2D eigenvalue weighted by Crippen LogP contribution is -2.40. The third-order valence-electron chi connectivity index (χ3n) is 5.49. The van der Waals surface area contributed by atoms with Gasteiger partial charge in [0.05, 0.1) is 12.9 Å². The van der Waals surface area contributed by atoms with Crippen molar-refractivity contribution in [3.8, 4) is 0 Å². The second-order valence-corrected chi connectivity index (χ2v) is 7.47. The Balaban J connectivity index is 1.26. The fourth-order valence-electron chi connectivity index (χ4n) is 3.88. The molecule has 2 fully saturated rings. The monoisotopic (exact) mass is 382 g/mol. The van der Waals surface area contributed by atoms with Gasteiger partial charge in [0.15, 0.2) is 5.82 Å². The molecule has 5 rings (SSSR count). The summed E-state index contributed by atoms with van der Waals surface area (Å²) in [5, 5.41) is 20.0. The lowest BCUT2D eigenvalue weighted by Gasteiger charge is -2.31. The average molecular weight is 382 g/mol. The highest BCUT2D eigenvalue weighted by atomic mass is 16.2. The maximum absolute atomic E-state index is 12.4. The first-order valence-corrected chi connectivity index (χ1v) is 9.66. The van der Waals surface area contributed by atoms with Crippen LogP contribution in [0.15, 0.2) is 25.0 Å². The number of carbonyl (C=O) groups is 1. The molecule has 28 heavy (non-hydrogen) atoms. The van der Waals surface area contributed by atoms with Gasteiger partial charge in [-0.3, -0.25) is 4.79 Å². The highest BCUT2D eigenvalue weighted by molar-refractivity contribution is 5.75. The molecule has 0 aromatic carbocycles. The molecule has 0 bridgehead atoms. The van der Waals surface area contributed by atoms with Crippen molar-refractivity contribution in [1.29, 1.82) is 0 Å². The molecule has 0 radical (unpaired) electrons. The van der Waals surface area contributed by atoms with E-state index in [0.717, 1.165) is 37.6 Å². The minimum atomic E-state index is 0.0511. The summed E-state index contributed by atoms with van der Waals surface area (Å²) < 4.78 is 5.82. The summed E-state index contributed by atoms with van der Waals surface area (Å²) in [6, 6.07) is 0.517. The maximum atomic E-state index is 12.4. The summed E-state index contributed by atoms with van der Waals surface area (Å²) >= 11 is 0. The zero-order valence-corrected chi connectivity index (χ0v) is 15.5. The number of imidazole rings is 1. The average Bonchev–Trinajstić information content (AvgIpc) is 3.11. The van der Waals surface area contributed by atoms with Crippen LogP contribution < -0.4 is 0 Å². The van der Waals surface area contributed by atoms with E-state index in [-0.39, 0.29) is 12.5 Å². The van der Waals surface area contributed by atoms with E-state index in [9.17, 15) is 4.79 Å². The van der Waals surface area contributed by atoms with Gasteiger partial charge in [-0.2, -0.15) is 0 Å². The van der Waals surface area contributed by atoms with Gasteiger partial charge in [-0.05, 0) is 36.1 Å². The molecule has 3 aromatic rings. The van der Waals surface area contributed by atoms with E-state index in [1.54, 1.807) is 12.5 Å². The lowest BCUT2D eigenvalue weighted by atomic mass is 9.95. The normalized spacial score (nSPS) is 17.9. The molecule has 0 spiro atoms. The van der Waals surface area contributed by atoms with E-state index in [1.165, 1.54) is 23.9 Å². The van der Waals surface area contributed by atoms with Crippen molar-refractivity contribution in [3.05, 3.63) is 36.7 Å². The highest BCUT2D eigenvalue weighted by Gasteiger charge is 2.34. The van der Waals surface area contributed by atoms with E-state index in [1.807, 2.05) is 15.7 Å². The lowest BCUT2D eigenvalue weighted by molar-refractivity contribution is -0.133. The first-order chi connectivity index (χ1) is 13.8. The Morgan fingerprint density at radius 1 is 1.11 bits per heavy atom. The fourth-order valence-corrected chi connectivity index (χ4v) is 3.88. The van der Waals surface area contributed by atoms with E-state index in [2.05, 4.69) is 35.3 Å². The van der Waals surface area contributed by atoms with Crippen molar-refractivity contribution in [2.45, 2.75) is 50.7 Å². The minimum Gasteiger partial charge on any atom is -0.341 e. The molecule has 2 aliphatic rings. The van der Waals surface area contributed by atoms with Crippen molar-refractivity contribution in [1.82, 2.24) is 49.4 Å². The number of likely N-dealkylation sites (tertiary alicyclic amines) is 1. The molecule has 3 aromatic heterocycles. The number of rotatable bonds is 6. The predicted molar refractivity (Wildman–Crippen MR) is 96.0 cm³/mol. The number of hydrogen-bond acceptors (Lipinski definition) is 7. The molecule has 1 amide bonds. The second-order valence-electron chi connectivity index (χ2n) is 7.47. The largest absolute Gasteiger partial charge is 0.341 e. The molecule has 146 valence electrons. The second kappa shape index (κ2) is 7.13. The van der Waals surface area contributed by atoms with Crippen molar-refractivity contribution < 1.29 is 4.79 Å². The number of amides is 1. The molecular weight excluding hydrogens is 360 g/mol. The van der Waals surface area contributed by atoms with Gasteiger partial charge in [0.2, 0.25) is 5.91 Å². The summed E-state index contributed by atoms with van der Waals surface area (Å²) in [4.78, 5) is 18.4. The van der Waals surface area contributed by atoms with Gasteiger partial charge in [-0.25, -0.2) is 9.67 Å². The Morgan fingerprint density at radius 3 is 2.64 bits per heavy atom. The van der Waals surface area contributed by atoms with Gasteiger partial charge in [0.25, 0.3) is 0 Å². The number of piperidine rings is 1. The Hall–Kier alpha value is -3.11. The number of carbonyl (C=O) groups excluding carboxylic acids is 1. The predicted octanol–water partition coefficient (Wildman–Crippen LogP) is 0.250. The molecule has 4 heterocycles. The Labute approximate surface area is 161 Å². The first-order valence-electron chi connectivity index (χ1n) is 9.66. The minimum absolute atomic E-state index is 0.0511. The van der Waals surface area contributed by atoms with Crippen LogP contribution in [0.25, 0.3) is 0 Å². The quantitative estimate of drug-likeness (QED) is 0.600. The SMILES string of the molecule is O=C(Cn1cnnn1)N1CCC(c2nnc(Cn3ccnc3)n2C2CC2)CC1. The van der Waals surface area contributed by atoms with E-state index < -0.39 is 0 Å². The van der Waals surface area contributed by atoms with Gasteiger partial charge in [-0.1, -0.05) is 0 Å². The molecule has 11 heteroatoms. The number of nitrogens with zero attached hydrogens (tertiary/aromatic N) is 10. The van der Waals surface area contributed by atoms with E-state index in [4.69, 9.17) is 0 Å². The van der Waals surface area contributed by atoms with Crippen LogP contribution in [0, 0.1) is 0 Å². The number of tetrazole rings is 1. The Kier molecular flexibility index (Phi) is 4.34. The molecular formula is C17H22N10O. The molecule has 11 nitrogen and oxygen atoms in total. The summed E-state index contributed by atoms with van der Waals surface area (Å²) in [6.45, 7) is 2.32. The number of hydrogen-bond donors (Lipinski definition) is 0. The van der Waals surface area contributed by atoms with Crippen LogP contribution in [-0.2, 0) is 17.9 Å². The third-order valence-corrected chi connectivity index (χ3v) is 5.49. The molecule has 1 saturated heterocycles. The summed E-state index contributed by atoms with van der Waals surface area (Å²) in [5.74, 6) is 2.45. The number of aromatic nitrogens is 9. The van der Waals surface area contributed by atoms with Crippen molar-refractivity contribution in [2.75, 3.05) is 13.1 Å². The van der Waals surface area contributed by atoms with Crippen LogP contribution in [0.4, 0.5) is 0 Å². The van der Waals surface area contributed by atoms with Crippen molar-refractivity contribution in [2.24, 2.45) is 0 Å². The standard InChI is InChI=1S/C17H22N10O/c28-16(10-26-12-19-22-23-26)25-6-3-13(4-7-25)17-21-20-15(27(17)14-1-2-14)9-24-8-5-18-11-24/h5,8,11-14H,1-4,6-7,9-10H2. The first kappa shape index (κ1) is 17.0. The Morgan fingerprint density at radius 2 is 1.96 bits per heavy atom. The van der Waals surface area contributed by atoms with E-state index in [0.29, 0.717) is 18.5 Å². The van der Waals surface area contributed by atoms with E-state index >= 15 is 0 Å². The van der Waals surface area contributed by atoms with Gasteiger partial charge in [0.1, 0.15) is 18.7 Å².